The molecular formula is C19H19N5O. The summed E-state index contributed by atoms with van der Waals surface area (Å²) in [6.07, 6.45) is 1.61. The van der Waals surface area contributed by atoms with E-state index in [4.69, 9.17) is 9.78 Å². The molecule has 3 rings (SSSR count). The quantitative estimate of drug-likeness (QED) is 0.742. The van der Waals surface area contributed by atoms with Crippen LogP contribution in [0, 0.1) is 18.3 Å². The van der Waals surface area contributed by atoms with Crippen LogP contribution >= 0.6 is 0 Å². The Hall–Kier alpha value is -3.20. The Morgan fingerprint density at radius 1 is 1.12 bits per heavy atom. The summed E-state index contributed by atoms with van der Waals surface area (Å²) in [7, 11) is 0. The van der Waals surface area contributed by atoms with Crippen molar-refractivity contribution in [2.45, 2.75) is 26.7 Å². The molecule has 0 aliphatic rings. The van der Waals surface area contributed by atoms with Crippen molar-refractivity contribution in [3.8, 4) is 17.5 Å². The van der Waals surface area contributed by atoms with Gasteiger partial charge in [0.25, 0.3) is 5.89 Å². The molecule has 25 heavy (non-hydrogen) atoms. The largest absolute Gasteiger partial charge is 0.370 e. The third-order valence-electron chi connectivity index (χ3n) is 3.91. The van der Waals surface area contributed by atoms with Crippen LogP contribution in [0.1, 0.15) is 29.6 Å². The van der Waals surface area contributed by atoms with Crippen LogP contribution in [0.15, 0.2) is 40.9 Å². The van der Waals surface area contributed by atoms with Crippen LogP contribution in [0.5, 0.6) is 0 Å². The minimum Gasteiger partial charge on any atom is -0.370 e. The van der Waals surface area contributed by atoms with E-state index >= 15 is 0 Å². The van der Waals surface area contributed by atoms with Crippen molar-refractivity contribution in [2.75, 3.05) is 11.9 Å². The molecule has 0 aliphatic carbocycles. The normalized spacial score (nSPS) is 10.4. The second kappa shape index (κ2) is 7.58. The monoisotopic (exact) mass is 333 g/mol. The molecule has 6 heteroatoms. The third kappa shape index (κ3) is 4.01. The molecule has 0 atom stereocenters. The standard InChI is InChI=1S/C19H19N5O/c1-3-17-23-19(25-24-17)15-7-5-14(6-8-15)10-11-21-18-9-4-13(2)16(12-20)22-18/h4-9H,3,10-11H2,1-2H3,(H,21,22). The second-order valence-electron chi connectivity index (χ2n) is 5.72. The summed E-state index contributed by atoms with van der Waals surface area (Å²) in [5, 5.41) is 16.2. The number of pyridine rings is 1. The average molecular weight is 333 g/mol. The summed E-state index contributed by atoms with van der Waals surface area (Å²) in [5.74, 6) is 1.98. The number of nitrogens with one attached hydrogen (secondary N) is 1. The summed E-state index contributed by atoms with van der Waals surface area (Å²) in [6.45, 7) is 4.61. The van der Waals surface area contributed by atoms with Gasteiger partial charge in [-0.3, -0.25) is 0 Å². The van der Waals surface area contributed by atoms with Crippen molar-refractivity contribution < 1.29 is 4.52 Å². The maximum absolute atomic E-state index is 9.03. The molecule has 0 amide bonds. The topological polar surface area (TPSA) is 87.6 Å². The van der Waals surface area contributed by atoms with E-state index in [0.717, 1.165) is 36.3 Å². The zero-order valence-electron chi connectivity index (χ0n) is 14.3. The first-order valence-corrected chi connectivity index (χ1v) is 8.23. The van der Waals surface area contributed by atoms with Crippen LogP contribution < -0.4 is 5.32 Å². The number of benzene rings is 1. The lowest BCUT2D eigenvalue weighted by atomic mass is 10.1. The number of hydrogen-bond donors (Lipinski definition) is 1. The van der Waals surface area contributed by atoms with Crippen molar-refractivity contribution in [3.63, 3.8) is 0 Å². The van der Waals surface area contributed by atoms with Gasteiger partial charge >= 0.3 is 0 Å². The highest BCUT2D eigenvalue weighted by Gasteiger charge is 2.07. The van der Waals surface area contributed by atoms with Crippen LogP contribution in [-0.2, 0) is 12.8 Å². The zero-order valence-corrected chi connectivity index (χ0v) is 14.3. The third-order valence-corrected chi connectivity index (χ3v) is 3.91. The Balaban J connectivity index is 1.58. The summed E-state index contributed by atoms with van der Waals surface area (Å²) in [6, 6.07) is 14.0. The summed E-state index contributed by atoms with van der Waals surface area (Å²) in [4.78, 5) is 8.62. The van der Waals surface area contributed by atoms with Crippen molar-refractivity contribution >= 4 is 5.82 Å². The molecule has 0 radical (unpaired) electrons. The Bertz CT molecular complexity index is 893. The first-order valence-electron chi connectivity index (χ1n) is 8.23. The number of anilines is 1. The van der Waals surface area contributed by atoms with Gasteiger partial charge in [0.15, 0.2) is 5.82 Å². The second-order valence-corrected chi connectivity index (χ2v) is 5.72. The average Bonchev–Trinajstić information content (AvgIpc) is 3.13. The summed E-state index contributed by atoms with van der Waals surface area (Å²) in [5.41, 5.74) is 3.46. The van der Waals surface area contributed by atoms with Gasteiger partial charge in [-0.25, -0.2) is 4.98 Å². The number of nitrogens with zero attached hydrogens (tertiary/aromatic N) is 4. The lowest BCUT2D eigenvalue weighted by molar-refractivity contribution is 0.423. The molecule has 3 aromatic rings. The molecule has 6 nitrogen and oxygen atoms in total. The van der Waals surface area contributed by atoms with Gasteiger partial charge in [-0.05, 0) is 42.7 Å². The van der Waals surface area contributed by atoms with E-state index in [2.05, 4.69) is 38.6 Å². The minimum atomic E-state index is 0.459. The molecule has 126 valence electrons. The van der Waals surface area contributed by atoms with E-state index in [1.165, 1.54) is 5.56 Å². The number of hydrogen-bond acceptors (Lipinski definition) is 6. The van der Waals surface area contributed by atoms with E-state index in [1.807, 2.05) is 38.1 Å². The highest BCUT2D eigenvalue weighted by molar-refractivity contribution is 5.53. The van der Waals surface area contributed by atoms with Crippen LogP contribution in [0.2, 0.25) is 0 Å². The number of aromatic nitrogens is 3. The molecule has 1 N–H and O–H groups in total. The SMILES string of the molecule is CCc1noc(-c2ccc(CCNc3ccc(C)c(C#N)n3)cc2)n1. The molecular weight excluding hydrogens is 314 g/mol. The molecule has 2 aromatic heterocycles. The maximum Gasteiger partial charge on any atom is 0.257 e. The van der Waals surface area contributed by atoms with Crippen molar-refractivity contribution in [2.24, 2.45) is 0 Å². The highest BCUT2D eigenvalue weighted by atomic mass is 16.5. The molecule has 0 unspecified atom stereocenters. The first-order chi connectivity index (χ1) is 12.2. The van der Waals surface area contributed by atoms with Crippen molar-refractivity contribution in [1.29, 1.82) is 5.26 Å². The van der Waals surface area contributed by atoms with E-state index < -0.39 is 0 Å². The molecule has 0 saturated carbocycles. The van der Waals surface area contributed by atoms with Gasteiger partial charge < -0.3 is 9.84 Å². The fraction of sp³-hybridized carbons (Fsp3) is 0.263. The fourth-order valence-electron chi connectivity index (χ4n) is 2.40. The minimum absolute atomic E-state index is 0.459. The number of nitriles is 1. The van der Waals surface area contributed by atoms with E-state index in [0.29, 0.717) is 17.4 Å². The molecule has 1 aromatic carbocycles. The van der Waals surface area contributed by atoms with Crippen molar-refractivity contribution in [1.82, 2.24) is 15.1 Å². The Morgan fingerprint density at radius 2 is 1.92 bits per heavy atom. The van der Waals surface area contributed by atoms with Crippen molar-refractivity contribution in [3.05, 3.63) is 59.0 Å². The van der Waals surface area contributed by atoms with Gasteiger partial charge in [0.2, 0.25) is 0 Å². The lowest BCUT2D eigenvalue weighted by Gasteiger charge is -2.07. The predicted molar refractivity (Wildman–Crippen MR) is 95.0 cm³/mol. The first kappa shape index (κ1) is 16.7. The molecule has 2 heterocycles. The number of rotatable bonds is 6. The highest BCUT2D eigenvalue weighted by Crippen LogP contribution is 2.18. The predicted octanol–water partition coefficient (Wildman–Crippen LogP) is 3.53. The van der Waals surface area contributed by atoms with Crippen LogP contribution in [0.3, 0.4) is 0 Å². The molecule has 0 spiro atoms. The summed E-state index contributed by atoms with van der Waals surface area (Å²) >= 11 is 0. The lowest BCUT2D eigenvalue weighted by Crippen LogP contribution is -2.07. The van der Waals surface area contributed by atoms with E-state index in [9.17, 15) is 0 Å². The van der Waals surface area contributed by atoms with Gasteiger partial charge in [-0.1, -0.05) is 30.3 Å². The maximum atomic E-state index is 9.03. The van der Waals surface area contributed by atoms with Gasteiger partial charge in [0.1, 0.15) is 17.6 Å². The van der Waals surface area contributed by atoms with Gasteiger partial charge in [0.05, 0.1) is 0 Å². The Morgan fingerprint density at radius 3 is 2.60 bits per heavy atom. The Labute approximate surface area is 146 Å². The van der Waals surface area contributed by atoms with Crippen LogP contribution in [-0.4, -0.2) is 21.7 Å². The molecule has 0 aliphatic heterocycles. The summed E-state index contributed by atoms with van der Waals surface area (Å²) < 4.78 is 5.24. The van der Waals surface area contributed by atoms with Gasteiger partial charge in [0, 0.05) is 18.5 Å². The smallest absolute Gasteiger partial charge is 0.257 e. The van der Waals surface area contributed by atoms with Crippen LogP contribution in [0.4, 0.5) is 5.82 Å². The Kier molecular flexibility index (Phi) is 5.05. The molecule has 0 fully saturated rings. The zero-order chi connectivity index (χ0) is 17.6. The number of aryl methyl sites for hydroxylation is 2. The fourth-order valence-corrected chi connectivity index (χ4v) is 2.40. The van der Waals surface area contributed by atoms with Gasteiger partial charge in [-0.15, -0.1) is 0 Å². The van der Waals surface area contributed by atoms with Crippen LogP contribution in [0.25, 0.3) is 11.5 Å². The molecule has 0 saturated heterocycles. The molecule has 0 bridgehead atoms. The van der Waals surface area contributed by atoms with Gasteiger partial charge in [-0.2, -0.15) is 10.2 Å². The van der Waals surface area contributed by atoms with E-state index in [1.54, 1.807) is 0 Å². The van der Waals surface area contributed by atoms with E-state index in [-0.39, 0.29) is 0 Å².